The maximum atomic E-state index is 11.0. The highest BCUT2D eigenvalue weighted by Gasteiger charge is 2.53. The summed E-state index contributed by atoms with van der Waals surface area (Å²) < 4.78 is 16.0. The first-order valence-electron chi connectivity index (χ1n) is 10.1. The molecule has 0 bridgehead atoms. The van der Waals surface area contributed by atoms with Crippen molar-refractivity contribution in [3.05, 3.63) is 64.7 Å². The van der Waals surface area contributed by atoms with Crippen LogP contribution in [0.4, 0.5) is 0 Å². The zero-order valence-electron chi connectivity index (χ0n) is 17.8. The van der Waals surface area contributed by atoms with Gasteiger partial charge in [0.15, 0.2) is 6.29 Å². The summed E-state index contributed by atoms with van der Waals surface area (Å²) in [6.45, 7) is 1.09. The molecule has 0 aliphatic carbocycles. The molecule has 1 fully saturated rings. The van der Waals surface area contributed by atoms with Gasteiger partial charge in [-0.3, -0.25) is 0 Å². The minimum atomic E-state index is -2.39. The molecule has 1 aliphatic rings. The highest BCUT2D eigenvalue weighted by atomic mass is 16.7. The molecule has 172 valence electrons. The van der Waals surface area contributed by atoms with Gasteiger partial charge in [-0.25, -0.2) is 0 Å². The molecule has 1 unspecified atom stereocenters. The third kappa shape index (κ3) is 4.77. The van der Waals surface area contributed by atoms with Gasteiger partial charge in [0.2, 0.25) is 5.79 Å². The highest BCUT2D eigenvalue weighted by Crippen LogP contribution is 2.37. The van der Waals surface area contributed by atoms with Crippen LogP contribution in [0.5, 0.6) is 5.75 Å². The molecular formula is C23H27NO8. The number of nitriles is 1. The van der Waals surface area contributed by atoms with E-state index in [4.69, 9.17) is 14.2 Å². The van der Waals surface area contributed by atoms with Crippen molar-refractivity contribution in [2.24, 2.45) is 0 Å². The number of aliphatic hydroxyl groups is 5. The Morgan fingerprint density at radius 3 is 2.41 bits per heavy atom. The Labute approximate surface area is 185 Å². The van der Waals surface area contributed by atoms with E-state index >= 15 is 0 Å². The molecule has 0 aromatic heterocycles. The highest BCUT2D eigenvalue weighted by molar-refractivity contribution is 5.45. The third-order valence-corrected chi connectivity index (χ3v) is 5.56. The van der Waals surface area contributed by atoms with Crippen LogP contribution in [0.25, 0.3) is 0 Å². The number of hydrogen-bond acceptors (Lipinski definition) is 9. The first kappa shape index (κ1) is 24.1. The zero-order valence-corrected chi connectivity index (χ0v) is 17.8. The lowest BCUT2D eigenvalue weighted by Crippen LogP contribution is -2.63. The van der Waals surface area contributed by atoms with Gasteiger partial charge in [0.1, 0.15) is 30.2 Å². The second kappa shape index (κ2) is 9.94. The third-order valence-electron chi connectivity index (χ3n) is 5.56. The van der Waals surface area contributed by atoms with Crippen LogP contribution in [0.15, 0.2) is 42.5 Å². The lowest BCUT2D eigenvalue weighted by atomic mass is 9.86. The van der Waals surface area contributed by atoms with E-state index in [-0.39, 0.29) is 5.56 Å². The molecule has 3 rings (SSSR count). The van der Waals surface area contributed by atoms with Crippen LogP contribution in [-0.2, 0) is 21.7 Å². The van der Waals surface area contributed by atoms with Gasteiger partial charge in [-0.2, -0.15) is 5.26 Å². The molecule has 5 N–H and O–H groups in total. The minimum Gasteiger partial charge on any atom is -0.465 e. The molecule has 9 nitrogen and oxygen atoms in total. The predicted molar refractivity (Wildman–Crippen MR) is 111 cm³/mol. The van der Waals surface area contributed by atoms with Crippen molar-refractivity contribution in [3.63, 3.8) is 0 Å². The van der Waals surface area contributed by atoms with Gasteiger partial charge in [0.25, 0.3) is 0 Å². The summed E-state index contributed by atoms with van der Waals surface area (Å²) in [7, 11) is 1.54. The average Bonchev–Trinajstić information content (AvgIpc) is 2.81. The first-order chi connectivity index (χ1) is 15.2. The fraction of sp³-hybridized carbons (Fsp3) is 0.435. The summed E-state index contributed by atoms with van der Waals surface area (Å²) in [5.74, 6) is -1.77. The van der Waals surface area contributed by atoms with Crippen molar-refractivity contribution in [1.29, 1.82) is 5.26 Å². The maximum Gasteiger partial charge on any atom is 0.222 e. The first-order valence-corrected chi connectivity index (χ1v) is 10.1. The summed E-state index contributed by atoms with van der Waals surface area (Å²) in [6.07, 6.45) is -6.57. The number of benzene rings is 2. The van der Waals surface area contributed by atoms with E-state index < -0.39 is 43.1 Å². The van der Waals surface area contributed by atoms with E-state index in [1.165, 1.54) is 18.2 Å². The molecule has 9 heteroatoms. The number of methoxy groups -OCH3 is 1. The molecule has 1 aliphatic heterocycles. The van der Waals surface area contributed by atoms with Crippen LogP contribution in [0.2, 0.25) is 0 Å². The van der Waals surface area contributed by atoms with Crippen LogP contribution >= 0.6 is 0 Å². The topological polar surface area (TPSA) is 153 Å². The van der Waals surface area contributed by atoms with E-state index in [2.05, 4.69) is 6.07 Å². The second-order valence-corrected chi connectivity index (χ2v) is 7.69. The lowest BCUT2D eigenvalue weighted by Gasteiger charge is -2.45. The largest absolute Gasteiger partial charge is 0.465 e. The van der Waals surface area contributed by atoms with Gasteiger partial charge in [0, 0.05) is 12.7 Å². The Hall–Kier alpha value is -2.55. The number of nitrogens with zero attached hydrogens (tertiary/aromatic N) is 1. The molecule has 0 saturated carbocycles. The van der Waals surface area contributed by atoms with Crippen LogP contribution in [0, 0.1) is 11.3 Å². The molecule has 1 saturated heterocycles. The van der Waals surface area contributed by atoms with Crippen LogP contribution in [0.1, 0.15) is 29.2 Å². The van der Waals surface area contributed by atoms with E-state index in [1.807, 2.05) is 12.1 Å². The van der Waals surface area contributed by atoms with Crippen molar-refractivity contribution < 1.29 is 39.7 Å². The monoisotopic (exact) mass is 445 g/mol. The standard InChI is InChI=1S/C23H27NO8/c1-13(30-2)31-18-7-3-14(4-8-18)9-16-10-17(6-5-15(16)11-24)23(29)22(28)21(27)20(26)19(12-25)32-23/h3-8,10,13,19-22,25-29H,9,12H2,1-2H3/t13?,19-,20-,21+,22-,23-/m1/s1. The van der Waals surface area contributed by atoms with Gasteiger partial charge < -0.3 is 39.7 Å². The lowest BCUT2D eigenvalue weighted by molar-refractivity contribution is -0.357. The summed E-state index contributed by atoms with van der Waals surface area (Å²) in [5, 5.41) is 60.4. The fourth-order valence-electron chi connectivity index (χ4n) is 3.61. The van der Waals surface area contributed by atoms with E-state index in [0.29, 0.717) is 23.3 Å². The summed E-state index contributed by atoms with van der Waals surface area (Å²) in [4.78, 5) is 0. The molecule has 0 amide bonds. The Morgan fingerprint density at radius 1 is 1.12 bits per heavy atom. The molecule has 0 radical (unpaired) electrons. The quantitative estimate of drug-likeness (QED) is 0.375. The summed E-state index contributed by atoms with van der Waals surface area (Å²) in [6, 6.07) is 13.7. The van der Waals surface area contributed by atoms with Crippen LogP contribution in [0.3, 0.4) is 0 Å². The van der Waals surface area contributed by atoms with E-state index in [9.17, 15) is 30.8 Å². The van der Waals surface area contributed by atoms with Crippen molar-refractivity contribution in [2.45, 2.75) is 49.8 Å². The minimum absolute atomic E-state index is 0.0808. The fourth-order valence-corrected chi connectivity index (χ4v) is 3.61. The number of hydrogen-bond donors (Lipinski definition) is 5. The molecular weight excluding hydrogens is 418 g/mol. The van der Waals surface area contributed by atoms with Gasteiger partial charge in [0.05, 0.1) is 18.2 Å². The average molecular weight is 445 g/mol. The maximum absolute atomic E-state index is 11.0. The van der Waals surface area contributed by atoms with Crippen molar-refractivity contribution in [3.8, 4) is 11.8 Å². The smallest absolute Gasteiger partial charge is 0.222 e. The number of ether oxygens (including phenoxy) is 3. The normalized spacial score (nSPS) is 28.7. The molecule has 32 heavy (non-hydrogen) atoms. The van der Waals surface area contributed by atoms with E-state index in [1.54, 1.807) is 26.2 Å². The summed E-state index contributed by atoms with van der Waals surface area (Å²) >= 11 is 0. The molecule has 6 atom stereocenters. The Balaban J connectivity index is 1.90. The van der Waals surface area contributed by atoms with Crippen molar-refractivity contribution >= 4 is 0 Å². The second-order valence-electron chi connectivity index (χ2n) is 7.69. The van der Waals surface area contributed by atoms with Gasteiger partial charge in [-0.1, -0.05) is 18.2 Å². The Kier molecular flexibility index (Phi) is 7.48. The molecule has 2 aromatic rings. The number of rotatable bonds is 7. The molecule has 1 heterocycles. The molecule has 2 aromatic carbocycles. The van der Waals surface area contributed by atoms with Gasteiger partial charge in [-0.05, 0) is 48.7 Å². The predicted octanol–water partition coefficient (Wildman–Crippen LogP) is 0.139. The summed E-state index contributed by atoms with van der Waals surface area (Å²) in [5.41, 5.74) is 1.85. The number of aliphatic hydroxyl groups excluding tert-OH is 4. The molecule has 0 spiro atoms. The van der Waals surface area contributed by atoms with Crippen molar-refractivity contribution in [2.75, 3.05) is 13.7 Å². The van der Waals surface area contributed by atoms with E-state index in [0.717, 1.165) is 5.56 Å². The SMILES string of the molecule is COC(C)Oc1ccc(Cc2cc([C@@]3(O)O[C@H](CO)[C@@H](O)[C@H](O)[C@H]3O)ccc2C#N)cc1. The van der Waals surface area contributed by atoms with Gasteiger partial charge >= 0.3 is 0 Å². The van der Waals surface area contributed by atoms with Crippen molar-refractivity contribution in [1.82, 2.24) is 0 Å². The Bertz CT molecular complexity index is 957. The van der Waals surface area contributed by atoms with Crippen LogP contribution < -0.4 is 4.74 Å². The zero-order chi connectivity index (χ0) is 23.5. The van der Waals surface area contributed by atoms with Crippen LogP contribution in [-0.4, -0.2) is 70.0 Å². The Morgan fingerprint density at radius 2 is 1.81 bits per heavy atom. The van der Waals surface area contributed by atoms with Gasteiger partial charge in [-0.15, -0.1) is 0 Å².